The third-order valence-electron chi connectivity index (χ3n) is 2.80. The molecule has 2 rings (SSSR count). The molecule has 20 heavy (non-hydrogen) atoms. The number of nitrogens with zero attached hydrogens (tertiary/aromatic N) is 1. The second-order valence-corrected chi connectivity index (χ2v) is 4.12. The van der Waals surface area contributed by atoms with Crippen LogP contribution in [0.1, 0.15) is 11.1 Å². The number of hydrogen-bond acceptors (Lipinski definition) is 3. The van der Waals surface area contributed by atoms with Crippen LogP contribution >= 0.6 is 0 Å². The van der Waals surface area contributed by atoms with Crippen molar-refractivity contribution in [3.8, 4) is 11.8 Å². The number of nitrogens with one attached hydrogen (secondary N) is 1. The molecule has 2 aromatic carbocycles. The van der Waals surface area contributed by atoms with Crippen LogP contribution in [0, 0.1) is 23.0 Å². The zero-order valence-corrected chi connectivity index (χ0v) is 10.8. The minimum atomic E-state index is -0.654. The third-order valence-corrected chi connectivity index (χ3v) is 2.80. The smallest absolute Gasteiger partial charge is 0.149 e. The summed E-state index contributed by atoms with van der Waals surface area (Å²) < 4.78 is 31.3. The van der Waals surface area contributed by atoms with Crippen LogP contribution in [0.25, 0.3) is 0 Å². The van der Waals surface area contributed by atoms with E-state index in [-0.39, 0.29) is 5.69 Å². The molecule has 102 valence electrons. The first kappa shape index (κ1) is 13.8. The third kappa shape index (κ3) is 3.04. The Labute approximate surface area is 115 Å². The average molecular weight is 274 g/mol. The summed E-state index contributed by atoms with van der Waals surface area (Å²) in [4.78, 5) is 0. The van der Waals surface area contributed by atoms with E-state index >= 15 is 0 Å². The van der Waals surface area contributed by atoms with Gasteiger partial charge in [-0.3, -0.25) is 0 Å². The highest BCUT2D eigenvalue weighted by molar-refractivity contribution is 5.48. The zero-order chi connectivity index (χ0) is 14.5. The van der Waals surface area contributed by atoms with E-state index in [1.807, 2.05) is 6.07 Å². The van der Waals surface area contributed by atoms with Gasteiger partial charge in [0.2, 0.25) is 0 Å². The molecule has 0 aromatic heterocycles. The number of benzene rings is 2. The number of nitriles is 1. The van der Waals surface area contributed by atoms with Gasteiger partial charge in [-0.15, -0.1) is 0 Å². The first-order valence-corrected chi connectivity index (χ1v) is 5.90. The summed E-state index contributed by atoms with van der Waals surface area (Å²) >= 11 is 0. The Kier molecular flexibility index (Phi) is 4.16. The molecule has 1 N–H and O–H groups in total. The van der Waals surface area contributed by atoms with Crippen LogP contribution in [0.2, 0.25) is 0 Å². The molecular formula is C15H12F2N2O. The van der Waals surface area contributed by atoms with Crippen molar-refractivity contribution in [1.82, 2.24) is 0 Å². The Balaban J connectivity index is 2.13. The minimum absolute atomic E-state index is 0.209. The maximum Gasteiger partial charge on any atom is 0.149 e. The Hall–Kier alpha value is -2.61. The van der Waals surface area contributed by atoms with E-state index in [9.17, 15) is 8.78 Å². The van der Waals surface area contributed by atoms with Crippen LogP contribution < -0.4 is 10.1 Å². The predicted molar refractivity (Wildman–Crippen MR) is 71.4 cm³/mol. The lowest BCUT2D eigenvalue weighted by atomic mass is 10.1. The molecule has 5 heteroatoms. The van der Waals surface area contributed by atoms with Gasteiger partial charge in [-0.05, 0) is 29.8 Å². The van der Waals surface area contributed by atoms with Crippen LogP contribution in [-0.4, -0.2) is 7.11 Å². The molecular weight excluding hydrogens is 262 g/mol. The van der Waals surface area contributed by atoms with Gasteiger partial charge in [-0.25, -0.2) is 8.78 Å². The van der Waals surface area contributed by atoms with E-state index in [1.165, 1.54) is 19.2 Å². The van der Waals surface area contributed by atoms with Gasteiger partial charge in [0.15, 0.2) is 0 Å². The zero-order valence-electron chi connectivity index (χ0n) is 10.8. The molecule has 0 unspecified atom stereocenters. The lowest BCUT2D eigenvalue weighted by Gasteiger charge is -2.09. The van der Waals surface area contributed by atoms with Gasteiger partial charge in [0.1, 0.15) is 23.5 Å². The Morgan fingerprint density at radius 3 is 2.65 bits per heavy atom. The van der Waals surface area contributed by atoms with Crippen molar-refractivity contribution in [3.05, 3.63) is 59.2 Å². The average Bonchev–Trinajstić information content (AvgIpc) is 2.46. The quantitative estimate of drug-likeness (QED) is 0.928. The van der Waals surface area contributed by atoms with Crippen molar-refractivity contribution in [1.29, 1.82) is 5.26 Å². The molecule has 3 nitrogen and oxygen atoms in total. The number of hydrogen-bond donors (Lipinski definition) is 1. The monoisotopic (exact) mass is 274 g/mol. The number of anilines is 1. The summed E-state index contributed by atoms with van der Waals surface area (Å²) in [5.74, 6) is -0.785. The number of halogens is 2. The van der Waals surface area contributed by atoms with Gasteiger partial charge in [0.05, 0.1) is 18.4 Å². The highest BCUT2D eigenvalue weighted by Gasteiger charge is 2.06. The van der Waals surface area contributed by atoms with Gasteiger partial charge in [-0.1, -0.05) is 6.07 Å². The van der Waals surface area contributed by atoms with Crippen LogP contribution in [0.4, 0.5) is 14.5 Å². The standard InChI is InChI=1S/C15H12F2N2O/c1-20-15-5-2-10(6-11(15)8-18)9-19-14-4-3-12(16)7-13(14)17/h2-7,19H,9H2,1H3. The topological polar surface area (TPSA) is 45.0 Å². The maximum absolute atomic E-state index is 13.4. The summed E-state index contributed by atoms with van der Waals surface area (Å²) in [5.41, 5.74) is 1.41. The van der Waals surface area contributed by atoms with Gasteiger partial charge < -0.3 is 10.1 Å². The van der Waals surface area contributed by atoms with Gasteiger partial charge in [0, 0.05) is 12.6 Å². The Morgan fingerprint density at radius 1 is 1.20 bits per heavy atom. The molecule has 0 heterocycles. The SMILES string of the molecule is COc1ccc(CNc2ccc(F)cc2F)cc1C#N. The molecule has 0 amide bonds. The fraction of sp³-hybridized carbons (Fsp3) is 0.133. The molecule has 0 atom stereocenters. The summed E-state index contributed by atoms with van der Waals surface area (Å²) in [5, 5.41) is 11.8. The lowest BCUT2D eigenvalue weighted by molar-refractivity contribution is 0.413. The molecule has 0 bridgehead atoms. The second kappa shape index (κ2) is 6.02. The Morgan fingerprint density at radius 2 is 2.00 bits per heavy atom. The molecule has 0 saturated carbocycles. The fourth-order valence-electron chi connectivity index (χ4n) is 1.78. The van der Waals surface area contributed by atoms with Gasteiger partial charge >= 0.3 is 0 Å². The van der Waals surface area contributed by atoms with Crippen molar-refractivity contribution < 1.29 is 13.5 Å². The van der Waals surface area contributed by atoms with Crippen LogP contribution in [0.5, 0.6) is 5.75 Å². The summed E-state index contributed by atoms with van der Waals surface area (Å²) in [6.45, 7) is 0.321. The molecule has 0 fully saturated rings. The van der Waals surface area contributed by atoms with Crippen molar-refractivity contribution >= 4 is 5.69 Å². The fourth-order valence-corrected chi connectivity index (χ4v) is 1.78. The van der Waals surface area contributed by atoms with Crippen molar-refractivity contribution in [2.24, 2.45) is 0 Å². The number of ether oxygens (including phenoxy) is 1. The molecule has 0 saturated heterocycles. The van der Waals surface area contributed by atoms with Crippen molar-refractivity contribution in [2.75, 3.05) is 12.4 Å². The van der Waals surface area contributed by atoms with E-state index in [1.54, 1.807) is 18.2 Å². The molecule has 0 spiro atoms. The normalized spacial score (nSPS) is 9.90. The molecule has 2 aromatic rings. The van der Waals surface area contributed by atoms with E-state index in [0.29, 0.717) is 17.9 Å². The number of rotatable bonds is 4. The van der Waals surface area contributed by atoms with E-state index in [2.05, 4.69) is 5.32 Å². The van der Waals surface area contributed by atoms with E-state index in [0.717, 1.165) is 11.6 Å². The second-order valence-electron chi connectivity index (χ2n) is 4.12. The highest BCUT2D eigenvalue weighted by atomic mass is 19.1. The summed E-state index contributed by atoms with van der Waals surface area (Å²) in [6, 6.07) is 10.5. The van der Waals surface area contributed by atoms with Crippen LogP contribution in [0.3, 0.4) is 0 Å². The van der Waals surface area contributed by atoms with Gasteiger partial charge in [-0.2, -0.15) is 5.26 Å². The highest BCUT2D eigenvalue weighted by Crippen LogP contribution is 2.20. The van der Waals surface area contributed by atoms with Crippen molar-refractivity contribution in [3.63, 3.8) is 0 Å². The first-order valence-electron chi connectivity index (χ1n) is 5.90. The maximum atomic E-state index is 13.4. The van der Waals surface area contributed by atoms with Crippen LogP contribution in [0.15, 0.2) is 36.4 Å². The van der Waals surface area contributed by atoms with Crippen LogP contribution in [-0.2, 0) is 6.54 Å². The summed E-state index contributed by atoms with van der Waals surface area (Å²) in [6.07, 6.45) is 0. The minimum Gasteiger partial charge on any atom is -0.495 e. The largest absolute Gasteiger partial charge is 0.495 e. The molecule has 0 aliphatic heterocycles. The lowest BCUT2D eigenvalue weighted by Crippen LogP contribution is -2.02. The van der Waals surface area contributed by atoms with Crippen molar-refractivity contribution in [2.45, 2.75) is 6.54 Å². The first-order chi connectivity index (χ1) is 9.63. The molecule has 0 aliphatic carbocycles. The predicted octanol–water partition coefficient (Wildman–Crippen LogP) is 3.46. The molecule has 0 aliphatic rings. The number of methoxy groups -OCH3 is 1. The van der Waals surface area contributed by atoms with E-state index in [4.69, 9.17) is 10.00 Å². The van der Waals surface area contributed by atoms with E-state index < -0.39 is 11.6 Å². The summed E-state index contributed by atoms with van der Waals surface area (Å²) in [7, 11) is 1.49. The Bertz CT molecular complexity index is 665. The van der Waals surface area contributed by atoms with Gasteiger partial charge in [0.25, 0.3) is 0 Å². The molecule has 0 radical (unpaired) electrons.